The van der Waals surface area contributed by atoms with Gasteiger partial charge < -0.3 is 19.2 Å². The highest BCUT2D eigenvalue weighted by Crippen LogP contribution is 2.18. The Hall–Kier alpha value is -1.78. The molecule has 0 amide bonds. The SMILES string of the molecule is COCc1cccc(OCc2ccoc2CNC(C)C)c1. The average molecular weight is 289 g/mol. The maximum absolute atomic E-state index is 5.84. The lowest BCUT2D eigenvalue weighted by atomic mass is 10.2. The highest BCUT2D eigenvalue weighted by molar-refractivity contribution is 5.28. The first-order valence-electron chi connectivity index (χ1n) is 7.18. The van der Waals surface area contributed by atoms with E-state index in [1.165, 1.54) is 0 Å². The molecule has 0 aliphatic heterocycles. The van der Waals surface area contributed by atoms with Crippen LogP contribution in [0.3, 0.4) is 0 Å². The Morgan fingerprint density at radius 1 is 1.19 bits per heavy atom. The van der Waals surface area contributed by atoms with Crippen LogP contribution in [-0.4, -0.2) is 13.2 Å². The van der Waals surface area contributed by atoms with Crippen LogP contribution in [0.2, 0.25) is 0 Å². The fourth-order valence-corrected chi connectivity index (χ4v) is 2.00. The highest BCUT2D eigenvalue weighted by atomic mass is 16.5. The van der Waals surface area contributed by atoms with Crippen molar-refractivity contribution >= 4 is 0 Å². The molecule has 0 saturated heterocycles. The van der Waals surface area contributed by atoms with Gasteiger partial charge in [-0.2, -0.15) is 0 Å². The lowest BCUT2D eigenvalue weighted by Gasteiger charge is -2.10. The predicted octanol–water partition coefficient (Wildman–Crippen LogP) is 3.50. The van der Waals surface area contributed by atoms with E-state index in [0.717, 1.165) is 22.6 Å². The molecule has 21 heavy (non-hydrogen) atoms. The van der Waals surface area contributed by atoms with Gasteiger partial charge in [0.25, 0.3) is 0 Å². The second kappa shape index (κ2) is 7.86. The molecule has 4 heteroatoms. The van der Waals surface area contributed by atoms with Crippen molar-refractivity contribution in [2.75, 3.05) is 7.11 Å². The Kier molecular flexibility index (Phi) is 5.84. The maximum Gasteiger partial charge on any atom is 0.124 e. The molecule has 1 aromatic heterocycles. The fourth-order valence-electron chi connectivity index (χ4n) is 2.00. The summed E-state index contributed by atoms with van der Waals surface area (Å²) in [6.07, 6.45) is 1.71. The third-order valence-corrected chi connectivity index (χ3v) is 3.11. The summed E-state index contributed by atoms with van der Waals surface area (Å²) in [6, 6.07) is 10.3. The fraction of sp³-hybridized carbons (Fsp3) is 0.412. The van der Waals surface area contributed by atoms with Crippen LogP contribution in [0.15, 0.2) is 41.0 Å². The van der Waals surface area contributed by atoms with E-state index in [-0.39, 0.29) is 0 Å². The monoisotopic (exact) mass is 289 g/mol. The highest BCUT2D eigenvalue weighted by Gasteiger charge is 2.08. The zero-order valence-electron chi connectivity index (χ0n) is 12.9. The van der Waals surface area contributed by atoms with E-state index in [9.17, 15) is 0 Å². The summed E-state index contributed by atoms with van der Waals surface area (Å²) >= 11 is 0. The van der Waals surface area contributed by atoms with Crippen LogP contribution >= 0.6 is 0 Å². The number of nitrogens with one attached hydrogen (secondary N) is 1. The molecule has 0 atom stereocenters. The van der Waals surface area contributed by atoms with E-state index in [0.29, 0.717) is 25.8 Å². The van der Waals surface area contributed by atoms with E-state index >= 15 is 0 Å². The molecule has 0 radical (unpaired) electrons. The number of benzene rings is 1. The van der Waals surface area contributed by atoms with E-state index in [2.05, 4.69) is 19.2 Å². The number of hydrogen-bond donors (Lipinski definition) is 1. The first-order valence-corrected chi connectivity index (χ1v) is 7.18. The van der Waals surface area contributed by atoms with Crippen LogP contribution in [0.5, 0.6) is 5.75 Å². The lowest BCUT2D eigenvalue weighted by Crippen LogP contribution is -2.22. The molecule has 4 nitrogen and oxygen atoms in total. The summed E-state index contributed by atoms with van der Waals surface area (Å²) in [5, 5.41) is 3.35. The van der Waals surface area contributed by atoms with E-state index < -0.39 is 0 Å². The lowest BCUT2D eigenvalue weighted by molar-refractivity contribution is 0.184. The van der Waals surface area contributed by atoms with Gasteiger partial charge in [0.15, 0.2) is 0 Å². The van der Waals surface area contributed by atoms with Crippen molar-refractivity contribution in [3.8, 4) is 5.75 Å². The van der Waals surface area contributed by atoms with Crippen LogP contribution in [0.1, 0.15) is 30.7 Å². The smallest absolute Gasteiger partial charge is 0.124 e. The van der Waals surface area contributed by atoms with Crippen LogP contribution < -0.4 is 10.1 Å². The molecule has 1 aromatic carbocycles. The molecule has 1 N–H and O–H groups in total. The van der Waals surface area contributed by atoms with Gasteiger partial charge in [-0.25, -0.2) is 0 Å². The van der Waals surface area contributed by atoms with Crippen LogP contribution in [0.25, 0.3) is 0 Å². The second-order valence-corrected chi connectivity index (χ2v) is 5.27. The van der Waals surface area contributed by atoms with Crippen molar-refractivity contribution in [3.63, 3.8) is 0 Å². The molecule has 2 rings (SSSR count). The summed E-state index contributed by atoms with van der Waals surface area (Å²) in [4.78, 5) is 0. The van der Waals surface area contributed by atoms with Crippen molar-refractivity contribution < 1.29 is 13.9 Å². The Bertz CT molecular complexity index is 548. The second-order valence-electron chi connectivity index (χ2n) is 5.27. The molecule has 0 unspecified atom stereocenters. The van der Waals surface area contributed by atoms with Gasteiger partial charge in [0, 0.05) is 18.7 Å². The molecular weight excluding hydrogens is 266 g/mol. The molecule has 0 aliphatic carbocycles. The zero-order valence-corrected chi connectivity index (χ0v) is 12.9. The molecule has 0 bridgehead atoms. The molecule has 1 heterocycles. The molecule has 0 fully saturated rings. The van der Waals surface area contributed by atoms with Crippen LogP contribution in [0, 0.1) is 0 Å². The van der Waals surface area contributed by atoms with Crippen molar-refractivity contribution in [1.82, 2.24) is 5.32 Å². The number of rotatable bonds is 8. The summed E-state index contributed by atoms with van der Waals surface area (Å²) in [5.74, 6) is 1.77. The minimum Gasteiger partial charge on any atom is -0.489 e. The normalized spacial score (nSPS) is 11.0. The van der Waals surface area contributed by atoms with Gasteiger partial charge in [-0.05, 0) is 23.8 Å². The molecule has 2 aromatic rings. The Balaban J connectivity index is 1.93. The van der Waals surface area contributed by atoms with Gasteiger partial charge in [-0.3, -0.25) is 0 Å². The van der Waals surface area contributed by atoms with Gasteiger partial charge >= 0.3 is 0 Å². The minimum absolute atomic E-state index is 0.426. The van der Waals surface area contributed by atoms with Crippen LogP contribution in [0.4, 0.5) is 0 Å². The zero-order chi connectivity index (χ0) is 15.1. The molecule has 0 aliphatic rings. The Morgan fingerprint density at radius 2 is 2.05 bits per heavy atom. The number of ether oxygens (including phenoxy) is 2. The third-order valence-electron chi connectivity index (χ3n) is 3.11. The van der Waals surface area contributed by atoms with E-state index in [4.69, 9.17) is 13.9 Å². The summed E-state index contributed by atoms with van der Waals surface area (Å²) in [6.45, 7) is 6.03. The average Bonchev–Trinajstić information content (AvgIpc) is 2.91. The van der Waals surface area contributed by atoms with Crippen molar-refractivity contribution in [3.05, 3.63) is 53.5 Å². The summed E-state index contributed by atoms with van der Waals surface area (Å²) in [5.41, 5.74) is 2.17. The number of hydrogen-bond acceptors (Lipinski definition) is 4. The largest absolute Gasteiger partial charge is 0.489 e. The van der Waals surface area contributed by atoms with Crippen molar-refractivity contribution in [2.24, 2.45) is 0 Å². The van der Waals surface area contributed by atoms with Gasteiger partial charge in [0.1, 0.15) is 18.1 Å². The topological polar surface area (TPSA) is 43.6 Å². The summed E-state index contributed by atoms with van der Waals surface area (Å²) in [7, 11) is 1.69. The van der Waals surface area contributed by atoms with Crippen LogP contribution in [-0.2, 0) is 24.5 Å². The van der Waals surface area contributed by atoms with Crippen molar-refractivity contribution in [2.45, 2.75) is 39.6 Å². The number of methoxy groups -OCH3 is 1. The quantitative estimate of drug-likeness (QED) is 0.807. The maximum atomic E-state index is 5.84. The minimum atomic E-state index is 0.426. The molecule has 114 valence electrons. The first-order chi connectivity index (χ1) is 10.2. The third kappa shape index (κ3) is 4.92. The van der Waals surface area contributed by atoms with Crippen molar-refractivity contribution in [1.29, 1.82) is 0 Å². The first kappa shape index (κ1) is 15.6. The van der Waals surface area contributed by atoms with E-state index in [1.54, 1.807) is 13.4 Å². The van der Waals surface area contributed by atoms with Gasteiger partial charge in [-0.1, -0.05) is 26.0 Å². The molecular formula is C17H23NO3. The standard InChI is InChI=1S/C17H23NO3/c1-13(2)18-10-17-15(7-8-20-17)12-21-16-6-4-5-14(9-16)11-19-3/h4-9,13,18H,10-12H2,1-3H3. The summed E-state index contributed by atoms with van der Waals surface area (Å²) < 4.78 is 16.5. The number of furan rings is 1. The Morgan fingerprint density at radius 3 is 2.81 bits per heavy atom. The van der Waals surface area contributed by atoms with E-state index in [1.807, 2.05) is 30.3 Å². The predicted molar refractivity (Wildman–Crippen MR) is 82.2 cm³/mol. The molecule has 0 spiro atoms. The Labute approximate surface area is 126 Å². The van der Waals surface area contributed by atoms with Gasteiger partial charge in [0.2, 0.25) is 0 Å². The molecule has 0 saturated carbocycles. The van der Waals surface area contributed by atoms with Gasteiger partial charge in [-0.15, -0.1) is 0 Å². The van der Waals surface area contributed by atoms with Gasteiger partial charge in [0.05, 0.1) is 19.4 Å².